The molecule has 0 amide bonds. The maximum atomic E-state index is 5.57. The zero-order valence-corrected chi connectivity index (χ0v) is 10.1. The van der Waals surface area contributed by atoms with Crippen LogP contribution in [0, 0.1) is 0 Å². The number of benzene rings is 1. The molecule has 4 nitrogen and oxygen atoms in total. The Morgan fingerprint density at radius 2 is 2.29 bits per heavy atom. The molecule has 1 heterocycles. The molecule has 0 aliphatic rings. The summed E-state index contributed by atoms with van der Waals surface area (Å²) in [6.45, 7) is 4.84. The van der Waals surface area contributed by atoms with E-state index in [1.54, 1.807) is 12.3 Å². The summed E-state index contributed by atoms with van der Waals surface area (Å²) in [6.07, 6.45) is 3.44. The first-order chi connectivity index (χ1) is 8.40. The predicted octanol–water partition coefficient (Wildman–Crippen LogP) is 2.72. The number of nitrogens with zero attached hydrogens (tertiary/aromatic N) is 2. The van der Waals surface area contributed by atoms with Crippen molar-refractivity contribution in [2.75, 3.05) is 11.9 Å². The fourth-order valence-electron chi connectivity index (χ4n) is 1.37. The minimum atomic E-state index is 0.513. The highest BCUT2D eigenvalue weighted by Gasteiger charge is 2.02. The molecule has 0 bridgehead atoms. The van der Waals surface area contributed by atoms with E-state index in [1.807, 2.05) is 24.3 Å². The quantitative estimate of drug-likeness (QED) is 0.797. The van der Waals surface area contributed by atoms with Crippen molar-refractivity contribution >= 4 is 16.5 Å². The van der Waals surface area contributed by atoms with Gasteiger partial charge in [-0.2, -0.15) is 0 Å². The molecule has 0 radical (unpaired) electrons. The summed E-state index contributed by atoms with van der Waals surface area (Å²) >= 11 is 1.34. The molecule has 1 aromatic heterocycles. The van der Waals surface area contributed by atoms with Gasteiger partial charge in [0.15, 0.2) is 0 Å². The van der Waals surface area contributed by atoms with Crippen LogP contribution in [0.4, 0.5) is 5.00 Å². The van der Waals surface area contributed by atoms with E-state index in [0.29, 0.717) is 13.2 Å². The summed E-state index contributed by atoms with van der Waals surface area (Å²) in [5.74, 6) is 0.873. The third-order valence-corrected chi connectivity index (χ3v) is 2.77. The lowest BCUT2D eigenvalue weighted by Gasteiger charge is -2.10. The summed E-state index contributed by atoms with van der Waals surface area (Å²) in [4.78, 5) is 0. The molecule has 1 aromatic carbocycles. The fourth-order valence-corrected chi connectivity index (χ4v) is 1.78. The average molecular weight is 247 g/mol. The van der Waals surface area contributed by atoms with Crippen LogP contribution in [0.2, 0.25) is 0 Å². The second-order valence-corrected chi connectivity index (χ2v) is 4.13. The van der Waals surface area contributed by atoms with Crippen molar-refractivity contribution in [2.24, 2.45) is 0 Å². The van der Waals surface area contributed by atoms with E-state index in [4.69, 9.17) is 4.74 Å². The molecular formula is C12H13N3OS. The van der Waals surface area contributed by atoms with Crippen LogP contribution in [0.3, 0.4) is 0 Å². The van der Waals surface area contributed by atoms with Crippen molar-refractivity contribution in [1.82, 2.24) is 9.59 Å². The molecule has 0 aliphatic heterocycles. The topological polar surface area (TPSA) is 47.0 Å². The Morgan fingerprint density at radius 3 is 3.06 bits per heavy atom. The minimum absolute atomic E-state index is 0.513. The van der Waals surface area contributed by atoms with E-state index in [-0.39, 0.29) is 0 Å². The van der Waals surface area contributed by atoms with E-state index < -0.39 is 0 Å². The Hall–Kier alpha value is -1.88. The van der Waals surface area contributed by atoms with Crippen molar-refractivity contribution in [3.63, 3.8) is 0 Å². The Labute approximate surface area is 104 Å². The van der Waals surface area contributed by atoms with Crippen LogP contribution in [0.1, 0.15) is 5.56 Å². The lowest BCUT2D eigenvalue weighted by atomic mass is 10.2. The summed E-state index contributed by atoms with van der Waals surface area (Å²) in [7, 11) is 0. The Balaban J connectivity index is 2.01. The van der Waals surface area contributed by atoms with Gasteiger partial charge in [0.25, 0.3) is 0 Å². The summed E-state index contributed by atoms with van der Waals surface area (Å²) in [5.41, 5.74) is 1.10. The van der Waals surface area contributed by atoms with Crippen LogP contribution in [0.25, 0.3) is 0 Å². The highest BCUT2D eigenvalue weighted by Crippen LogP contribution is 2.20. The second-order valence-electron chi connectivity index (χ2n) is 3.34. The molecule has 0 unspecified atom stereocenters. The molecule has 5 heteroatoms. The lowest BCUT2D eigenvalue weighted by Crippen LogP contribution is -2.02. The molecule has 2 aromatic rings. The highest BCUT2D eigenvalue weighted by atomic mass is 32.1. The van der Waals surface area contributed by atoms with Crippen LogP contribution in [-0.4, -0.2) is 16.2 Å². The number of para-hydroxylation sites is 1. The summed E-state index contributed by atoms with van der Waals surface area (Å²) < 4.78 is 9.36. The molecule has 0 saturated heterocycles. The van der Waals surface area contributed by atoms with Gasteiger partial charge in [-0.05, 0) is 6.07 Å². The Bertz CT molecular complexity index is 470. The number of ether oxygens (including phenoxy) is 1. The van der Waals surface area contributed by atoms with Crippen LogP contribution in [-0.2, 0) is 6.54 Å². The Morgan fingerprint density at radius 1 is 1.41 bits per heavy atom. The van der Waals surface area contributed by atoms with Crippen LogP contribution < -0.4 is 10.1 Å². The monoisotopic (exact) mass is 247 g/mol. The van der Waals surface area contributed by atoms with Gasteiger partial charge in [0.05, 0.1) is 6.20 Å². The summed E-state index contributed by atoms with van der Waals surface area (Å²) in [6, 6.07) is 7.92. The molecule has 17 heavy (non-hydrogen) atoms. The normalized spacial score (nSPS) is 9.88. The number of aromatic nitrogens is 2. The van der Waals surface area contributed by atoms with Crippen molar-refractivity contribution < 1.29 is 4.74 Å². The van der Waals surface area contributed by atoms with Crippen LogP contribution in [0.15, 0.2) is 43.1 Å². The maximum absolute atomic E-state index is 5.57. The zero-order chi connectivity index (χ0) is 11.9. The first-order valence-corrected chi connectivity index (χ1v) is 6.00. The van der Waals surface area contributed by atoms with E-state index in [9.17, 15) is 0 Å². The second kappa shape index (κ2) is 6.00. The predicted molar refractivity (Wildman–Crippen MR) is 69.4 cm³/mol. The standard InChI is InChI=1S/C12H13N3OS/c1-2-7-16-11-6-4-3-5-10(11)8-13-12-9-14-15-17-12/h2-6,9,13H,1,7-8H2. The molecule has 1 N–H and O–H groups in total. The van der Waals surface area contributed by atoms with E-state index in [0.717, 1.165) is 16.3 Å². The largest absolute Gasteiger partial charge is 0.489 e. The van der Waals surface area contributed by atoms with Crippen molar-refractivity contribution in [1.29, 1.82) is 0 Å². The van der Waals surface area contributed by atoms with Gasteiger partial charge in [0, 0.05) is 23.6 Å². The average Bonchev–Trinajstić information content (AvgIpc) is 2.88. The number of hydrogen-bond acceptors (Lipinski definition) is 5. The third-order valence-electron chi connectivity index (χ3n) is 2.14. The van der Waals surface area contributed by atoms with Gasteiger partial charge in [0.1, 0.15) is 17.4 Å². The van der Waals surface area contributed by atoms with Crippen molar-refractivity contribution in [3.8, 4) is 5.75 Å². The smallest absolute Gasteiger partial charge is 0.130 e. The SMILES string of the molecule is C=CCOc1ccccc1CNc1cnns1. The van der Waals surface area contributed by atoms with Gasteiger partial charge >= 0.3 is 0 Å². The highest BCUT2D eigenvalue weighted by molar-refractivity contribution is 7.09. The molecule has 0 spiro atoms. The molecule has 88 valence electrons. The number of nitrogens with one attached hydrogen (secondary N) is 1. The Kier molecular flexibility index (Phi) is 4.10. The molecule has 0 atom stereocenters. The number of anilines is 1. The maximum Gasteiger partial charge on any atom is 0.130 e. The van der Waals surface area contributed by atoms with Gasteiger partial charge in [-0.25, -0.2) is 0 Å². The zero-order valence-electron chi connectivity index (χ0n) is 9.30. The minimum Gasteiger partial charge on any atom is -0.489 e. The third kappa shape index (κ3) is 3.29. The molecule has 0 aliphatic carbocycles. The molecule has 0 saturated carbocycles. The lowest BCUT2D eigenvalue weighted by molar-refractivity contribution is 0.359. The van der Waals surface area contributed by atoms with Crippen LogP contribution in [0.5, 0.6) is 5.75 Å². The van der Waals surface area contributed by atoms with Crippen molar-refractivity contribution in [3.05, 3.63) is 48.7 Å². The van der Waals surface area contributed by atoms with Gasteiger partial charge in [0.2, 0.25) is 0 Å². The summed E-state index contributed by atoms with van der Waals surface area (Å²) in [5, 5.41) is 7.96. The van der Waals surface area contributed by atoms with E-state index in [2.05, 4.69) is 21.5 Å². The van der Waals surface area contributed by atoms with Crippen molar-refractivity contribution in [2.45, 2.75) is 6.54 Å². The van der Waals surface area contributed by atoms with Crippen LogP contribution >= 0.6 is 11.5 Å². The van der Waals surface area contributed by atoms with E-state index in [1.165, 1.54) is 11.5 Å². The van der Waals surface area contributed by atoms with Gasteiger partial charge < -0.3 is 10.1 Å². The number of hydrogen-bond donors (Lipinski definition) is 1. The molecular weight excluding hydrogens is 234 g/mol. The van der Waals surface area contributed by atoms with E-state index >= 15 is 0 Å². The first-order valence-electron chi connectivity index (χ1n) is 5.23. The van der Waals surface area contributed by atoms with Gasteiger partial charge in [-0.3, -0.25) is 0 Å². The number of rotatable bonds is 6. The fraction of sp³-hybridized carbons (Fsp3) is 0.167. The van der Waals surface area contributed by atoms with Gasteiger partial charge in [-0.15, -0.1) is 5.10 Å². The molecule has 2 rings (SSSR count). The first kappa shape index (κ1) is 11.6. The molecule has 0 fully saturated rings. The van der Waals surface area contributed by atoms with Gasteiger partial charge in [-0.1, -0.05) is 35.3 Å².